The van der Waals surface area contributed by atoms with E-state index >= 15 is 0 Å². The molecular weight excluding hydrogens is 390 g/mol. The van der Waals surface area contributed by atoms with Gasteiger partial charge in [0.1, 0.15) is 0 Å². The molecule has 0 unspecified atom stereocenters. The number of halogens is 1. The van der Waals surface area contributed by atoms with Crippen molar-refractivity contribution in [2.75, 3.05) is 26.2 Å². The van der Waals surface area contributed by atoms with Gasteiger partial charge in [-0.3, -0.25) is 15.0 Å². The predicted molar refractivity (Wildman–Crippen MR) is 104 cm³/mol. The molecule has 0 aromatic heterocycles. The van der Waals surface area contributed by atoms with E-state index in [2.05, 4.69) is 4.90 Å². The van der Waals surface area contributed by atoms with E-state index in [1.165, 1.54) is 28.6 Å². The summed E-state index contributed by atoms with van der Waals surface area (Å²) in [6, 6.07) is 13.3. The number of benzene rings is 2. The third-order valence-corrected chi connectivity index (χ3v) is 6.64. The highest BCUT2D eigenvalue weighted by atomic mass is 35.5. The number of nitro benzene ring substituents is 1. The van der Waals surface area contributed by atoms with Gasteiger partial charge < -0.3 is 0 Å². The van der Waals surface area contributed by atoms with Crippen LogP contribution in [-0.2, 0) is 22.3 Å². The zero-order chi connectivity index (χ0) is 19.4. The summed E-state index contributed by atoms with van der Waals surface area (Å²) >= 11 is 5.89. The Hall–Kier alpha value is -2.00. The van der Waals surface area contributed by atoms with Crippen LogP contribution in [-0.4, -0.2) is 48.7 Å². The van der Waals surface area contributed by atoms with E-state index in [-0.39, 0.29) is 11.4 Å². The first-order valence-electron chi connectivity index (χ1n) is 8.51. The molecular formula is C18H20ClN3O4S. The lowest BCUT2D eigenvalue weighted by Crippen LogP contribution is -2.48. The second-order valence-corrected chi connectivity index (χ2v) is 8.89. The molecule has 27 heavy (non-hydrogen) atoms. The molecule has 1 fully saturated rings. The number of hydrogen-bond donors (Lipinski definition) is 0. The number of non-ortho nitro benzene ring substituents is 1. The van der Waals surface area contributed by atoms with Gasteiger partial charge in [-0.05, 0) is 23.3 Å². The van der Waals surface area contributed by atoms with Crippen LogP contribution in [0.3, 0.4) is 0 Å². The van der Waals surface area contributed by atoms with E-state index < -0.39 is 14.9 Å². The number of rotatable bonds is 6. The van der Waals surface area contributed by atoms with E-state index in [0.717, 1.165) is 12.1 Å². The van der Waals surface area contributed by atoms with Crippen LogP contribution < -0.4 is 0 Å². The number of nitro groups is 1. The summed E-state index contributed by atoms with van der Waals surface area (Å²) in [6.07, 6.45) is 0. The number of piperazine rings is 1. The van der Waals surface area contributed by atoms with Gasteiger partial charge >= 0.3 is 0 Å². The number of hydrogen-bond acceptors (Lipinski definition) is 5. The first-order chi connectivity index (χ1) is 12.8. The lowest BCUT2D eigenvalue weighted by Gasteiger charge is -2.34. The molecule has 0 N–H and O–H groups in total. The molecule has 1 aliphatic rings. The van der Waals surface area contributed by atoms with Crippen LogP contribution in [0.2, 0.25) is 5.02 Å². The van der Waals surface area contributed by atoms with Crippen LogP contribution >= 0.6 is 11.6 Å². The molecule has 0 aliphatic carbocycles. The van der Waals surface area contributed by atoms with Crippen molar-refractivity contribution in [2.24, 2.45) is 0 Å². The maximum Gasteiger partial charge on any atom is 0.269 e. The zero-order valence-corrected chi connectivity index (χ0v) is 16.2. The monoisotopic (exact) mass is 409 g/mol. The highest BCUT2D eigenvalue weighted by Crippen LogP contribution is 2.18. The fourth-order valence-corrected chi connectivity index (χ4v) is 4.67. The van der Waals surface area contributed by atoms with Crippen molar-refractivity contribution < 1.29 is 13.3 Å². The molecule has 7 nitrogen and oxygen atoms in total. The molecule has 0 atom stereocenters. The molecule has 144 valence electrons. The molecule has 0 spiro atoms. The molecule has 9 heteroatoms. The van der Waals surface area contributed by atoms with E-state index in [1.807, 2.05) is 24.3 Å². The summed E-state index contributed by atoms with van der Waals surface area (Å²) < 4.78 is 26.8. The minimum atomic E-state index is -3.45. The lowest BCUT2D eigenvalue weighted by molar-refractivity contribution is -0.384. The normalized spacial score (nSPS) is 16.3. The highest BCUT2D eigenvalue weighted by Gasteiger charge is 2.27. The van der Waals surface area contributed by atoms with Gasteiger partial charge in [0.2, 0.25) is 10.0 Å². The van der Waals surface area contributed by atoms with E-state index in [4.69, 9.17) is 11.6 Å². The Balaban J connectivity index is 1.55. The molecule has 0 bridgehead atoms. The first kappa shape index (κ1) is 19.8. The van der Waals surface area contributed by atoms with E-state index in [0.29, 0.717) is 36.8 Å². The van der Waals surface area contributed by atoms with Gasteiger partial charge in [0.25, 0.3) is 5.69 Å². The minimum Gasteiger partial charge on any atom is -0.296 e. The average molecular weight is 410 g/mol. The third kappa shape index (κ3) is 5.26. The number of nitrogens with zero attached hydrogens (tertiary/aromatic N) is 3. The maximum absolute atomic E-state index is 12.6. The van der Waals surface area contributed by atoms with Crippen molar-refractivity contribution in [3.63, 3.8) is 0 Å². The maximum atomic E-state index is 12.6. The first-order valence-corrected chi connectivity index (χ1v) is 10.5. The third-order valence-electron chi connectivity index (χ3n) is 4.54. The van der Waals surface area contributed by atoms with Gasteiger partial charge in [0.05, 0.1) is 10.7 Å². The van der Waals surface area contributed by atoms with Crippen LogP contribution in [0.5, 0.6) is 0 Å². The Morgan fingerprint density at radius 1 is 0.926 bits per heavy atom. The highest BCUT2D eigenvalue weighted by molar-refractivity contribution is 7.88. The van der Waals surface area contributed by atoms with Crippen molar-refractivity contribution in [2.45, 2.75) is 12.3 Å². The van der Waals surface area contributed by atoms with Gasteiger partial charge in [-0.1, -0.05) is 35.9 Å². The van der Waals surface area contributed by atoms with Crippen LogP contribution in [0.1, 0.15) is 11.1 Å². The summed E-state index contributed by atoms with van der Waals surface area (Å²) in [5.74, 6) is -0.151. The predicted octanol–water partition coefficient (Wildman–Crippen LogP) is 2.90. The summed E-state index contributed by atoms with van der Waals surface area (Å²) in [5, 5.41) is 11.4. The molecule has 1 saturated heterocycles. The zero-order valence-electron chi connectivity index (χ0n) is 14.6. The molecule has 1 heterocycles. The molecule has 2 aromatic carbocycles. The van der Waals surface area contributed by atoms with E-state index in [1.54, 1.807) is 0 Å². The molecule has 0 radical (unpaired) electrons. The van der Waals surface area contributed by atoms with Gasteiger partial charge in [-0.25, -0.2) is 8.42 Å². The average Bonchev–Trinajstić information content (AvgIpc) is 2.64. The quantitative estimate of drug-likeness (QED) is 0.541. The second-order valence-electron chi connectivity index (χ2n) is 6.48. The Morgan fingerprint density at radius 3 is 2.04 bits per heavy atom. The molecule has 2 aromatic rings. The molecule has 3 rings (SSSR count). The Morgan fingerprint density at radius 2 is 1.48 bits per heavy atom. The Bertz CT molecular complexity index is 893. The van der Waals surface area contributed by atoms with Gasteiger partial charge in [0.15, 0.2) is 0 Å². The smallest absolute Gasteiger partial charge is 0.269 e. The van der Waals surface area contributed by atoms with Crippen molar-refractivity contribution in [3.05, 3.63) is 74.8 Å². The lowest BCUT2D eigenvalue weighted by atomic mass is 10.2. The van der Waals surface area contributed by atoms with Crippen LogP contribution in [0.4, 0.5) is 5.69 Å². The molecule has 0 amide bonds. The summed E-state index contributed by atoms with van der Waals surface area (Å²) in [5.41, 5.74) is 1.64. The summed E-state index contributed by atoms with van der Waals surface area (Å²) in [7, 11) is -3.45. The van der Waals surface area contributed by atoms with Crippen LogP contribution in [0.15, 0.2) is 48.5 Å². The summed E-state index contributed by atoms with van der Waals surface area (Å²) in [6.45, 7) is 2.93. The molecule has 1 aliphatic heterocycles. The fraction of sp³-hybridized carbons (Fsp3) is 0.333. The van der Waals surface area contributed by atoms with Crippen molar-refractivity contribution in [3.8, 4) is 0 Å². The topological polar surface area (TPSA) is 83.8 Å². The van der Waals surface area contributed by atoms with Crippen LogP contribution in [0.25, 0.3) is 0 Å². The summed E-state index contributed by atoms with van der Waals surface area (Å²) in [4.78, 5) is 12.4. The van der Waals surface area contributed by atoms with E-state index in [9.17, 15) is 18.5 Å². The minimum absolute atomic E-state index is 0.0491. The second kappa shape index (κ2) is 8.35. The van der Waals surface area contributed by atoms with Gasteiger partial charge in [0, 0.05) is 49.9 Å². The Labute approximate surface area is 163 Å². The van der Waals surface area contributed by atoms with Crippen molar-refractivity contribution in [1.82, 2.24) is 9.21 Å². The fourth-order valence-electron chi connectivity index (χ4n) is 3.03. The molecule has 0 saturated carbocycles. The van der Waals surface area contributed by atoms with Crippen molar-refractivity contribution >= 4 is 27.3 Å². The van der Waals surface area contributed by atoms with Crippen molar-refractivity contribution in [1.29, 1.82) is 0 Å². The largest absolute Gasteiger partial charge is 0.296 e. The van der Waals surface area contributed by atoms with Crippen LogP contribution in [0, 0.1) is 10.1 Å². The Kier molecular flexibility index (Phi) is 6.11. The van der Waals surface area contributed by atoms with Gasteiger partial charge in [-0.2, -0.15) is 4.31 Å². The standard InChI is InChI=1S/C18H20ClN3O4S/c19-17-5-1-15(2-6-17)13-20-9-11-21(12-10-20)27(25,26)14-16-3-7-18(8-4-16)22(23)24/h1-8H,9-14H2. The number of sulfonamides is 1. The van der Waals surface area contributed by atoms with Gasteiger partial charge in [-0.15, -0.1) is 0 Å². The SMILES string of the molecule is O=[N+]([O-])c1ccc(CS(=O)(=O)N2CCN(Cc3ccc(Cl)cc3)CC2)cc1.